The van der Waals surface area contributed by atoms with Crippen LogP contribution in [-0.2, 0) is 5.41 Å². The molecule has 1 aromatic heterocycles. The van der Waals surface area contributed by atoms with Gasteiger partial charge in [-0.25, -0.2) is 0 Å². The molecule has 0 fully saturated rings. The third-order valence-electron chi connectivity index (χ3n) is 4.02. The maximum Gasteiger partial charge on any atom is 0.135 e. The third-order valence-corrected chi connectivity index (χ3v) is 4.02. The Balaban J connectivity index is 2.46. The van der Waals surface area contributed by atoms with E-state index in [0.717, 1.165) is 17.6 Å². The Morgan fingerprint density at radius 1 is 0.944 bits per heavy atom. The van der Waals surface area contributed by atoms with E-state index in [1.54, 1.807) is 0 Å². The summed E-state index contributed by atoms with van der Waals surface area (Å²) < 4.78 is 5.93. The molecule has 0 aliphatic heterocycles. The molecule has 0 amide bonds. The highest BCUT2D eigenvalue weighted by atomic mass is 16.3. The molecule has 3 rings (SSSR count). The first-order chi connectivity index (χ1) is 8.63. The number of furan rings is 1. The van der Waals surface area contributed by atoms with Crippen LogP contribution in [0.15, 0.2) is 46.9 Å². The van der Waals surface area contributed by atoms with E-state index in [1.807, 2.05) is 12.1 Å². The van der Waals surface area contributed by atoms with Gasteiger partial charge in [0.05, 0.1) is 0 Å². The van der Waals surface area contributed by atoms with Gasteiger partial charge in [0.15, 0.2) is 0 Å². The predicted octanol–water partition coefficient (Wildman–Crippen LogP) is 5.27. The molecule has 1 heterocycles. The maximum absolute atomic E-state index is 5.93. The Labute approximate surface area is 107 Å². The van der Waals surface area contributed by atoms with Crippen molar-refractivity contribution >= 4 is 21.9 Å². The fraction of sp³-hybridized carbons (Fsp3) is 0.294. The van der Waals surface area contributed by atoms with E-state index in [9.17, 15) is 0 Å². The molecule has 0 radical (unpaired) electrons. The molecule has 0 bridgehead atoms. The zero-order valence-electron chi connectivity index (χ0n) is 11.2. The van der Waals surface area contributed by atoms with Gasteiger partial charge in [-0.15, -0.1) is 0 Å². The number of hydrogen-bond donors (Lipinski definition) is 0. The van der Waals surface area contributed by atoms with Crippen molar-refractivity contribution in [1.82, 2.24) is 0 Å². The van der Waals surface area contributed by atoms with Gasteiger partial charge in [0.25, 0.3) is 0 Å². The van der Waals surface area contributed by atoms with E-state index >= 15 is 0 Å². The summed E-state index contributed by atoms with van der Waals surface area (Å²) in [4.78, 5) is 0. The highest BCUT2D eigenvalue weighted by molar-refractivity contribution is 6.07. The Hall–Kier alpha value is -1.76. The molecule has 0 unspecified atom stereocenters. The molecule has 0 spiro atoms. The summed E-state index contributed by atoms with van der Waals surface area (Å²) in [5.74, 6) is 0. The number of fused-ring (bicyclic) bond motifs is 3. The first-order valence-corrected chi connectivity index (χ1v) is 6.54. The third kappa shape index (κ3) is 1.54. The molecule has 0 saturated carbocycles. The molecule has 1 nitrogen and oxygen atoms in total. The quantitative estimate of drug-likeness (QED) is 0.592. The van der Waals surface area contributed by atoms with Crippen molar-refractivity contribution in [3.8, 4) is 0 Å². The topological polar surface area (TPSA) is 13.1 Å². The SMILES string of the molecule is CCC(C)(C)c1cccc2oc3ccccc3c12. The van der Waals surface area contributed by atoms with E-state index in [-0.39, 0.29) is 5.41 Å². The number of benzene rings is 2. The molecule has 18 heavy (non-hydrogen) atoms. The molecular formula is C17H18O. The highest BCUT2D eigenvalue weighted by Crippen LogP contribution is 2.38. The van der Waals surface area contributed by atoms with E-state index in [1.165, 1.54) is 16.3 Å². The monoisotopic (exact) mass is 238 g/mol. The van der Waals surface area contributed by atoms with Gasteiger partial charge in [-0.2, -0.15) is 0 Å². The van der Waals surface area contributed by atoms with Crippen molar-refractivity contribution < 1.29 is 4.42 Å². The summed E-state index contributed by atoms with van der Waals surface area (Å²) >= 11 is 0. The number of rotatable bonds is 2. The molecule has 3 aromatic rings. The van der Waals surface area contributed by atoms with E-state index < -0.39 is 0 Å². The molecule has 1 heteroatoms. The Morgan fingerprint density at radius 2 is 1.67 bits per heavy atom. The fourth-order valence-corrected chi connectivity index (χ4v) is 2.53. The lowest BCUT2D eigenvalue weighted by Gasteiger charge is -2.24. The second kappa shape index (κ2) is 3.88. The summed E-state index contributed by atoms with van der Waals surface area (Å²) in [5.41, 5.74) is 3.53. The molecule has 0 saturated heterocycles. The van der Waals surface area contributed by atoms with Gasteiger partial charge in [0.2, 0.25) is 0 Å². The minimum absolute atomic E-state index is 0.173. The minimum atomic E-state index is 0.173. The first-order valence-electron chi connectivity index (χ1n) is 6.54. The second-order valence-electron chi connectivity index (χ2n) is 5.51. The van der Waals surface area contributed by atoms with Crippen LogP contribution in [0, 0.1) is 0 Å². The normalized spacial score (nSPS) is 12.4. The lowest BCUT2D eigenvalue weighted by atomic mass is 9.80. The molecule has 0 aliphatic rings. The number of para-hydroxylation sites is 1. The van der Waals surface area contributed by atoms with Crippen LogP contribution in [0.1, 0.15) is 32.8 Å². The molecule has 0 N–H and O–H groups in total. The second-order valence-corrected chi connectivity index (χ2v) is 5.51. The van der Waals surface area contributed by atoms with Crippen molar-refractivity contribution in [3.63, 3.8) is 0 Å². The molecule has 2 aromatic carbocycles. The Bertz CT molecular complexity index is 704. The molecule has 0 aliphatic carbocycles. The lowest BCUT2D eigenvalue weighted by Crippen LogP contribution is -2.15. The highest BCUT2D eigenvalue weighted by Gasteiger charge is 2.22. The van der Waals surface area contributed by atoms with Crippen LogP contribution in [0.4, 0.5) is 0 Å². The van der Waals surface area contributed by atoms with Crippen LogP contribution >= 0.6 is 0 Å². The van der Waals surface area contributed by atoms with Crippen molar-refractivity contribution in [3.05, 3.63) is 48.0 Å². The summed E-state index contributed by atoms with van der Waals surface area (Å²) in [7, 11) is 0. The van der Waals surface area contributed by atoms with Gasteiger partial charge < -0.3 is 4.42 Å². The van der Waals surface area contributed by atoms with Crippen LogP contribution in [-0.4, -0.2) is 0 Å². The van der Waals surface area contributed by atoms with Crippen LogP contribution in [0.25, 0.3) is 21.9 Å². The van der Waals surface area contributed by atoms with Gasteiger partial charge in [-0.05, 0) is 29.5 Å². The molecular weight excluding hydrogens is 220 g/mol. The van der Waals surface area contributed by atoms with Crippen molar-refractivity contribution in [2.24, 2.45) is 0 Å². The summed E-state index contributed by atoms with van der Waals surface area (Å²) in [5, 5.41) is 2.50. The van der Waals surface area contributed by atoms with Crippen molar-refractivity contribution in [1.29, 1.82) is 0 Å². The summed E-state index contributed by atoms with van der Waals surface area (Å²) in [6.45, 7) is 6.83. The average molecular weight is 238 g/mol. The van der Waals surface area contributed by atoms with E-state index in [0.29, 0.717) is 0 Å². The Morgan fingerprint density at radius 3 is 2.44 bits per heavy atom. The van der Waals surface area contributed by atoms with Crippen molar-refractivity contribution in [2.75, 3.05) is 0 Å². The minimum Gasteiger partial charge on any atom is -0.456 e. The van der Waals surface area contributed by atoms with Crippen LogP contribution in [0.2, 0.25) is 0 Å². The smallest absolute Gasteiger partial charge is 0.135 e. The standard InChI is InChI=1S/C17H18O/c1-4-17(2,3)13-9-7-11-15-16(13)12-8-5-6-10-14(12)18-15/h5-11H,4H2,1-3H3. The Kier molecular flexibility index (Phi) is 2.44. The largest absolute Gasteiger partial charge is 0.456 e. The zero-order chi connectivity index (χ0) is 12.8. The fourth-order valence-electron chi connectivity index (χ4n) is 2.53. The van der Waals surface area contributed by atoms with Gasteiger partial charge >= 0.3 is 0 Å². The van der Waals surface area contributed by atoms with Gasteiger partial charge in [0, 0.05) is 10.8 Å². The van der Waals surface area contributed by atoms with E-state index in [4.69, 9.17) is 4.42 Å². The van der Waals surface area contributed by atoms with Gasteiger partial charge in [-0.3, -0.25) is 0 Å². The molecule has 92 valence electrons. The van der Waals surface area contributed by atoms with Gasteiger partial charge in [0.1, 0.15) is 11.2 Å². The average Bonchev–Trinajstić information content (AvgIpc) is 2.76. The maximum atomic E-state index is 5.93. The predicted molar refractivity (Wildman–Crippen MR) is 77.0 cm³/mol. The van der Waals surface area contributed by atoms with Gasteiger partial charge in [-0.1, -0.05) is 51.1 Å². The molecule has 0 atom stereocenters. The van der Waals surface area contributed by atoms with Crippen LogP contribution in [0.3, 0.4) is 0 Å². The summed E-state index contributed by atoms with van der Waals surface area (Å²) in [6.07, 6.45) is 1.12. The zero-order valence-corrected chi connectivity index (χ0v) is 11.2. The van der Waals surface area contributed by atoms with Crippen LogP contribution < -0.4 is 0 Å². The van der Waals surface area contributed by atoms with E-state index in [2.05, 4.69) is 51.1 Å². The lowest BCUT2D eigenvalue weighted by molar-refractivity contribution is 0.510. The first kappa shape index (κ1) is 11.3. The van der Waals surface area contributed by atoms with Crippen molar-refractivity contribution in [2.45, 2.75) is 32.6 Å². The van der Waals surface area contributed by atoms with Crippen LogP contribution in [0.5, 0.6) is 0 Å². The number of hydrogen-bond acceptors (Lipinski definition) is 1. The summed E-state index contributed by atoms with van der Waals surface area (Å²) in [6, 6.07) is 14.7.